The van der Waals surface area contributed by atoms with E-state index >= 15 is 0 Å². The molecule has 0 fully saturated rings. The van der Waals surface area contributed by atoms with Crippen LogP contribution in [0.15, 0.2) is 11.3 Å². The normalized spacial score (nSPS) is 30.3. The van der Waals surface area contributed by atoms with E-state index in [0.29, 0.717) is 12.0 Å². The fourth-order valence-corrected chi connectivity index (χ4v) is 1.62. The molecule has 1 atom stereocenters. The van der Waals surface area contributed by atoms with E-state index in [1.54, 1.807) is 0 Å². The molecule has 3 nitrogen and oxygen atoms in total. The molecule has 1 N–H and O–H groups in total. The molecule has 2 rings (SSSR count). The number of ether oxygens (including phenoxy) is 1. The number of carbonyl (C=O) groups excluding carboxylic acids is 1. The van der Waals surface area contributed by atoms with Crippen molar-refractivity contribution >= 4 is 5.78 Å². The van der Waals surface area contributed by atoms with E-state index in [4.69, 9.17) is 4.74 Å². The maximum Gasteiger partial charge on any atom is 0.164 e. The van der Waals surface area contributed by atoms with Crippen molar-refractivity contribution in [3.05, 3.63) is 11.3 Å². The summed E-state index contributed by atoms with van der Waals surface area (Å²) >= 11 is 0. The van der Waals surface area contributed by atoms with Gasteiger partial charge in [0.2, 0.25) is 0 Å². The minimum atomic E-state index is -0.655. The first-order chi connectivity index (χ1) is 5.29. The van der Waals surface area contributed by atoms with Gasteiger partial charge in [-0.3, -0.25) is 4.79 Å². The van der Waals surface area contributed by atoms with Gasteiger partial charge in [0.25, 0.3) is 0 Å². The maximum absolute atomic E-state index is 11.2. The van der Waals surface area contributed by atoms with Crippen LogP contribution in [0, 0.1) is 0 Å². The van der Waals surface area contributed by atoms with Gasteiger partial charge in [-0.15, -0.1) is 0 Å². The molecule has 1 aliphatic carbocycles. The number of aliphatic hydroxyl groups excluding tert-OH is 1. The zero-order chi connectivity index (χ0) is 7.84. The van der Waals surface area contributed by atoms with Crippen LogP contribution in [0.1, 0.15) is 19.3 Å². The van der Waals surface area contributed by atoms with Crippen molar-refractivity contribution in [3.63, 3.8) is 0 Å². The van der Waals surface area contributed by atoms with Crippen LogP contribution in [0.3, 0.4) is 0 Å². The van der Waals surface area contributed by atoms with E-state index in [1.165, 1.54) is 0 Å². The van der Waals surface area contributed by atoms with E-state index < -0.39 is 6.10 Å². The number of allylic oxidation sites excluding steroid dienone is 1. The molecule has 0 aromatic carbocycles. The first kappa shape index (κ1) is 6.85. The number of hydrogen-bond acceptors (Lipinski definition) is 3. The Bertz CT molecular complexity index is 229. The van der Waals surface area contributed by atoms with Crippen LogP contribution in [-0.2, 0) is 9.53 Å². The van der Waals surface area contributed by atoms with E-state index in [9.17, 15) is 9.90 Å². The molecule has 0 aromatic rings. The first-order valence-electron chi connectivity index (χ1n) is 3.86. The van der Waals surface area contributed by atoms with Gasteiger partial charge in [0, 0.05) is 12.8 Å². The molecule has 0 spiro atoms. The Hall–Kier alpha value is -0.830. The number of carbonyl (C=O) groups is 1. The third kappa shape index (κ3) is 0.959. The zero-order valence-electron chi connectivity index (χ0n) is 6.17. The molecule has 0 saturated carbocycles. The quantitative estimate of drug-likeness (QED) is 0.548. The van der Waals surface area contributed by atoms with Gasteiger partial charge in [0.05, 0.1) is 5.57 Å². The fourth-order valence-electron chi connectivity index (χ4n) is 1.62. The predicted molar refractivity (Wildman–Crippen MR) is 37.8 cm³/mol. The van der Waals surface area contributed by atoms with E-state index in [2.05, 4.69) is 0 Å². The number of Topliss-reactive ketones (excluding diaryl/α,β-unsaturated/α-hetero) is 1. The summed E-state index contributed by atoms with van der Waals surface area (Å²) in [5.74, 6) is 0.796. The first-order valence-corrected chi connectivity index (χ1v) is 3.86. The monoisotopic (exact) mass is 154 g/mol. The summed E-state index contributed by atoms with van der Waals surface area (Å²) in [5.41, 5.74) is 0.538. The molecule has 0 bridgehead atoms. The molecule has 0 amide bonds. The third-order valence-electron chi connectivity index (χ3n) is 2.16. The van der Waals surface area contributed by atoms with E-state index in [0.717, 1.165) is 18.6 Å². The second kappa shape index (κ2) is 2.34. The van der Waals surface area contributed by atoms with Crippen LogP contribution in [0.4, 0.5) is 0 Å². The van der Waals surface area contributed by atoms with Crippen LogP contribution in [0.5, 0.6) is 0 Å². The molecule has 1 heterocycles. The minimum absolute atomic E-state index is 0.0660. The van der Waals surface area contributed by atoms with Gasteiger partial charge in [0.1, 0.15) is 18.5 Å². The van der Waals surface area contributed by atoms with Gasteiger partial charge >= 0.3 is 0 Å². The number of hydrogen-bond donors (Lipinski definition) is 1. The summed E-state index contributed by atoms with van der Waals surface area (Å²) in [4.78, 5) is 11.2. The highest BCUT2D eigenvalue weighted by Crippen LogP contribution is 2.30. The lowest BCUT2D eigenvalue weighted by Gasteiger charge is -2.11. The van der Waals surface area contributed by atoms with Crippen molar-refractivity contribution in [3.8, 4) is 0 Å². The Kier molecular flexibility index (Phi) is 1.46. The number of aliphatic hydroxyl groups is 1. The maximum atomic E-state index is 11.2. The van der Waals surface area contributed by atoms with Crippen molar-refractivity contribution in [2.24, 2.45) is 0 Å². The SMILES string of the molecule is O=C1CCCC2=C1C(O)CO2. The molecular formula is C8H10O3. The Balaban J connectivity index is 2.34. The summed E-state index contributed by atoms with van der Waals surface area (Å²) in [7, 11) is 0. The van der Waals surface area contributed by atoms with Crippen LogP contribution in [0.25, 0.3) is 0 Å². The lowest BCUT2D eigenvalue weighted by atomic mass is 9.94. The Morgan fingerprint density at radius 2 is 2.27 bits per heavy atom. The molecule has 0 aromatic heterocycles. The average Bonchev–Trinajstić information content (AvgIpc) is 2.34. The van der Waals surface area contributed by atoms with E-state index in [-0.39, 0.29) is 12.4 Å². The highest BCUT2D eigenvalue weighted by molar-refractivity contribution is 5.97. The highest BCUT2D eigenvalue weighted by Gasteiger charge is 2.32. The summed E-state index contributed by atoms with van der Waals surface area (Å²) < 4.78 is 5.15. The van der Waals surface area contributed by atoms with Crippen LogP contribution >= 0.6 is 0 Å². The smallest absolute Gasteiger partial charge is 0.164 e. The number of ketones is 1. The van der Waals surface area contributed by atoms with Crippen LogP contribution < -0.4 is 0 Å². The zero-order valence-corrected chi connectivity index (χ0v) is 6.17. The van der Waals surface area contributed by atoms with Gasteiger partial charge in [-0.05, 0) is 6.42 Å². The lowest BCUT2D eigenvalue weighted by molar-refractivity contribution is -0.116. The van der Waals surface area contributed by atoms with Crippen molar-refractivity contribution in [2.45, 2.75) is 25.4 Å². The topological polar surface area (TPSA) is 46.5 Å². The van der Waals surface area contributed by atoms with Crippen molar-refractivity contribution in [1.82, 2.24) is 0 Å². The highest BCUT2D eigenvalue weighted by atomic mass is 16.5. The lowest BCUT2D eigenvalue weighted by Crippen LogP contribution is -2.18. The second-order valence-electron chi connectivity index (χ2n) is 2.94. The Morgan fingerprint density at radius 3 is 3.00 bits per heavy atom. The largest absolute Gasteiger partial charge is 0.494 e. The predicted octanol–water partition coefficient (Wildman–Crippen LogP) is 0.385. The van der Waals surface area contributed by atoms with E-state index in [1.807, 2.05) is 0 Å². The fraction of sp³-hybridized carbons (Fsp3) is 0.625. The molecule has 0 radical (unpaired) electrons. The average molecular weight is 154 g/mol. The van der Waals surface area contributed by atoms with Gasteiger partial charge < -0.3 is 9.84 Å². The summed E-state index contributed by atoms with van der Waals surface area (Å²) in [6.45, 7) is 0.274. The Morgan fingerprint density at radius 1 is 1.45 bits per heavy atom. The molecule has 1 unspecified atom stereocenters. The number of rotatable bonds is 0. The van der Waals surface area contributed by atoms with Crippen molar-refractivity contribution in [1.29, 1.82) is 0 Å². The molecule has 2 aliphatic rings. The summed E-state index contributed by atoms with van der Waals surface area (Å²) in [5, 5.41) is 9.29. The van der Waals surface area contributed by atoms with Gasteiger partial charge in [-0.2, -0.15) is 0 Å². The van der Waals surface area contributed by atoms with Crippen molar-refractivity contribution in [2.75, 3.05) is 6.61 Å². The van der Waals surface area contributed by atoms with Gasteiger partial charge in [0.15, 0.2) is 5.78 Å². The molecule has 0 saturated heterocycles. The second-order valence-corrected chi connectivity index (χ2v) is 2.94. The van der Waals surface area contributed by atoms with Crippen molar-refractivity contribution < 1.29 is 14.6 Å². The third-order valence-corrected chi connectivity index (χ3v) is 2.16. The molecule has 11 heavy (non-hydrogen) atoms. The molecule has 1 aliphatic heterocycles. The molecule has 3 heteroatoms. The van der Waals surface area contributed by atoms with Crippen LogP contribution in [0.2, 0.25) is 0 Å². The van der Waals surface area contributed by atoms with Crippen LogP contribution in [-0.4, -0.2) is 23.6 Å². The van der Waals surface area contributed by atoms with Gasteiger partial charge in [-0.25, -0.2) is 0 Å². The molecular weight excluding hydrogens is 144 g/mol. The Labute approximate surface area is 64.7 Å². The summed E-state index contributed by atoms with van der Waals surface area (Å²) in [6, 6.07) is 0. The standard InChI is InChI=1S/C8H10O3/c9-5-2-1-3-7-8(5)6(10)4-11-7/h6,10H,1-4H2. The minimum Gasteiger partial charge on any atom is -0.494 e. The summed E-state index contributed by atoms with van der Waals surface area (Å²) in [6.07, 6.45) is 1.60. The van der Waals surface area contributed by atoms with Gasteiger partial charge in [-0.1, -0.05) is 0 Å². The molecule has 60 valence electrons.